The minimum absolute atomic E-state index is 0.00625. The Bertz CT molecular complexity index is 1020. The Morgan fingerprint density at radius 3 is 2.36 bits per heavy atom. The number of halogens is 4. The van der Waals surface area contributed by atoms with Gasteiger partial charge in [-0.1, -0.05) is 34.1 Å². The van der Waals surface area contributed by atoms with Crippen LogP contribution >= 0.6 is 0 Å². The van der Waals surface area contributed by atoms with Crippen molar-refractivity contribution in [1.29, 1.82) is 0 Å². The second-order valence-electron chi connectivity index (χ2n) is 10.7. The molecule has 3 amide bonds. The highest BCUT2D eigenvalue weighted by molar-refractivity contribution is 5.98. The molecule has 7 nitrogen and oxygen atoms in total. The molecule has 4 atom stereocenters. The summed E-state index contributed by atoms with van der Waals surface area (Å²) in [4.78, 5) is 40.8. The van der Waals surface area contributed by atoms with Crippen LogP contribution in [0.5, 0.6) is 0 Å². The van der Waals surface area contributed by atoms with Crippen molar-refractivity contribution in [1.82, 2.24) is 15.5 Å². The molecule has 200 valence electrons. The van der Waals surface area contributed by atoms with Gasteiger partial charge >= 0.3 is 6.18 Å². The molecule has 0 radical (unpaired) electrons. The number of amides is 3. The third-order valence-electron chi connectivity index (χ3n) is 7.06. The summed E-state index contributed by atoms with van der Waals surface area (Å²) in [7, 11) is 1.50. The maximum atomic E-state index is 14.0. The van der Waals surface area contributed by atoms with Gasteiger partial charge in [-0.05, 0) is 48.8 Å². The number of nitrogens with zero attached hydrogens (tertiary/aromatic N) is 1. The van der Waals surface area contributed by atoms with Gasteiger partial charge in [0.25, 0.3) is 0 Å². The van der Waals surface area contributed by atoms with E-state index in [2.05, 4.69) is 16.0 Å². The van der Waals surface area contributed by atoms with Gasteiger partial charge in [-0.15, -0.1) is 0 Å². The smallest absolute Gasteiger partial charge is 0.373 e. The van der Waals surface area contributed by atoms with Gasteiger partial charge in [-0.3, -0.25) is 14.4 Å². The van der Waals surface area contributed by atoms with E-state index < -0.39 is 52.4 Å². The first-order chi connectivity index (χ1) is 16.6. The molecular weight excluding hydrogens is 480 g/mol. The Hall–Kier alpha value is -2.85. The molecule has 1 aromatic carbocycles. The molecule has 3 unspecified atom stereocenters. The lowest BCUT2D eigenvalue weighted by atomic mass is 9.85. The first kappa shape index (κ1) is 27.7. The quantitative estimate of drug-likeness (QED) is 0.484. The number of anilines is 1. The number of hydrogen-bond acceptors (Lipinski definition) is 4. The summed E-state index contributed by atoms with van der Waals surface area (Å²) in [6.45, 7) is 7.41. The summed E-state index contributed by atoms with van der Waals surface area (Å²) in [5, 5.41) is 8.24. The van der Waals surface area contributed by atoms with Crippen molar-refractivity contribution in [3.8, 4) is 0 Å². The third kappa shape index (κ3) is 5.59. The van der Waals surface area contributed by atoms with Gasteiger partial charge in [0, 0.05) is 19.3 Å². The van der Waals surface area contributed by atoms with Crippen LogP contribution < -0.4 is 16.0 Å². The highest BCUT2D eigenvalue weighted by atomic mass is 19.4. The van der Waals surface area contributed by atoms with Crippen LogP contribution in [0.3, 0.4) is 0 Å². The van der Waals surface area contributed by atoms with Gasteiger partial charge < -0.3 is 20.9 Å². The fourth-order valence-corrected chi connectivity index (χ4v) is 4.96. The lowest BCUT2D eigenvalue weighted by Gasteiger charge is -2.36. The van der Waals surface area contributed by atoms with E-state index in [1.165, 1.54) is 11.9 Å². The molecule has 0 spiro atoms. The fraction of sp³-hybridized carbons (Fsp3) is 0.640. The number of likely N-dealkylation sites (tertiary alicyclic amines) is 1. The number of rotatable bonds is 7. The molecule has 0 aromatic heterocycles. The molecule has 11 heteroatoms. The van der Waals surface area contributed by atoms with Crippen LogP contribution in [0.25, 0.3) is 0 Å². The molecule has 1 saturated heterocycles. The van der Waals surface area contributed by atoms with Crippen molar-refractivity contribution in [2.45, 2.75) is 77.2 Å². The van der Waals surface area contributed by atoms with E-state index >= 15 is 0 Å². The van der Waals surface area contributed by atoms with Gasteiger partial charge in [0.15, 0.2) is 0 Å². The Balaban J connectivity index is 1.83. The molecular formula is C25H34F4N4O3. The van der Waals surface area contributed by atoms with E-state index in [9.17, 15) is 31.9 Å². The van der Waals surface area contributed by atoms with Crippen molar-refractivity contribution in [2.75, 3.05) is 18.9 Å². The highest BCUT2D eigenvalue weighted by Crippen LogP contribution is 2.46. The molecule has 2 aliphatic rings. The molecule has 1 aliphatic carbocycles. The second-order valence-corrected chi connectivity index (χ2v) is 10.7. The maximum absolute atomic E-state index is 14.0. The molecule has 0 bridgehead atoms. The van der Waals surface area contributed by atoms with E-state index in [4.69, 9.17) is 0 Å². The van der Waals surface area contributed by atoms with E-state index in [0.29, 0.717) is 31.7 Å². The van der Waals surface area contributed by atoms with Gasteiger partial charge in [-0.2, -0.15) is 13.2 Å². The lowest BCUT2D eigenvalue weighted by Crippen LogP contribution is -2.58. The van der Waals surface area contributed by atoms with Crippen molar-refractivity contribution in [3.05, 3.63) is 29.6 Å². The normalized spacial score (nSPS) is 24.8. The monoisotopic (exact) mass is 514 g/mol. The summed E-state index contributed by atoms with van der Waals surface area (Å²) >= 11 is 0. The summed E-state index contributed by atoms with van der Waals surface area (Å²) in [6.07, 6.45) is -2.57. The van der Waals surface area contributed by atoms with Crippen molar-refractivity contribution in [3.63, 3.8) is 0 Å². The SMILES string of the molecule is CCC1C[C@]1(NC(=O)C1CCCN1C(=O)C(Nc1cc(F)cc(C(F)(F)F)c1)C(C)(C)C)C(=O)NC. The molecule has 1 heterocycles. The van der Waals surface area contributed by atoms with Crippen LogP contribution in [-0.4, -0.2) is 53.8 Å². The summed E-state index contributed by atoms with van der Waals surface area (Å²) < 4.78 is 53.6. The second kappa shape index (κ2) is 9.89. The fourth-order valence-electron chi connectivity index (χ4n) is 4.96. The zero-order chi connectivity index (χ0) is 27.1. The first-order valence-corrected chi connectivity index (χ1v) is 12.1. The average Bonchev–Trinajstić information content (AvgIpc) is 3.26. The van der Waals surface area contributed by atoms with E-state index in [0.717, 1.165) is 12.1 Å². The molecule has 3 N–H and O–H groups in total. The predicted octanol–water partition coefficient (Wildman–Crippen LogP) is 3.69. The summed E-state index contributed by atoms with van der Waals surface area (Å²) in [5.74, 6) is -2.26. The Labute approximate surface area is 208 Å². The zero-order valence-electron chi connectivity index (χ0n) is 21.2. The minimum atomic E-state index is -4.75. The van der Waals surface area contributed by atoms with Crippen LogP contribution in [0.4, 0.5) is 23.2 Å². The zero-order valence-corrected chi connectivity index (χ0v) is 21.2. The number of likely N-dealkylation sites (N-methyl/N-ethyl adjacent to an activating group) is 1. The molecule has 36 heavy (non-hydrogen) atoms. The summed E-state index contributed by atoms with van der Waals surface area (Å²) in [5.41, 5.74) is -3.12. The van der Waals surface area contributed by atoms with Crippen LogP contribution in [0.1, 0.15) is 58.9 Å². The number of carbonyl (C=O) groups is 3. The Morgan fingerprint density at radius 2 is 1.83 bits per heavy atom. The molecule has 1 aliphatic heterocycles. The largest absolute Gasteiger partial charge is 0.416 e. The molecule has 1 saturated carbocycles. The highest BCUT2D eigenvalue weighted by Gasteiger charge is 2.60. The molecule has 1 aromatic rings. The van der Waals surface area contributed by atoms with Crippen molar-refractivity contribution >= 4 is 23.4 Å². The third-order valence-corrected chi connectivity index (χ3v) is 7.06. The van der Waals surface area contributed by atoms with Crippen LogP contribution in [-0.2, 0) is 20.6 Å². The number of hydrogen-bond donors (Lipinski definition) is 3. The Morgan fingerprint density at radius 1 is 1.17 bits per heavy atom. The number of carbonyl (C=O) groups excluding carboxylic acids is 3. The van der Waals surface area contributed by atoms with Crippen LogP contribution in [0, 0.1) is 17.2 Å². The standard InChI is InChI=1S/C25H34F4N4O3/c1-6-14-13-24(14,22(36)30-5)32-20(34)18-8-7-9-33(18)21(35)19(23(2,3)4)31-17-11-15(25(27,28)29)10-16(26)12-17/h10-12,14,18-19,31H,6-9,13H2,1-5H3,(H,30,36)(H,32,34)/t14?,18?,19?,24-/m1/s1. The van der Waals surface area contributed by atoms with Crippen LogP contribution in [0.2, 0.25) is 0 Å². The van der Waals surface area contributed by atoms with Gasteiger partial charge in [-0.25, -0.2) is 4.39 Å². The number of nitrogens with one attached hydrogen (secondary N) is 3. The van der Waals surface area contributed by atoms with E-state index in [1.54, 1.807) is 20.8 Å². The van der Waals surface area contributed by atoms with Gasteiger partial charge in [0.2, 0.25) is 17.7 Å². The molecule has 2 fully saturated rings. The summed E-state index contributed by atoms with van der Waals surface area (Å²) in [6, 6.07) is 0.200. The first-order valence-electron chi connectivity index (χ1n) is 12.1. The van der Waals surface area contributed by atoms with Gasteiger partial charge in [0.05, 0.1) is 5.56 Å². The number of benzene rings is 1. The average molecular weight is 515 g/mol. The molecule has 3 rings (SSSR count). The number of alkyl halides is 3. The lowest BCUT2D eigenvalue weighted by molar-refractivity contribution is -0.141. The predicted molar refractivity (Wildman–Crippen MR) is 126 cm³/mol. The Kier molecular flexibility index (Phi) is 7.62. The van der Waals surface area contributed by atoms with Crippen molar-refractivity contribution < 1.29 is 31.9 Å². The van der Waals surface area contributed by atoms with Crippen LogP contribution in [0.15, 0.2) is 18.2 Å². The maximum Gasteiger partial charge on any atom is 0.416 e. The van der Waals surface area contributed by atoms with Gasteiger partial charge in [0.1, 0.15) is 23.4 Å². The minimum Gasteiger partial charge on any atom is -0.373 e. The topological polar surface area (TPSA) is 90.5 Å². The van der Waals surface area contributed by atoms with E-state index in [1.807, 2.05) is 6.92 Å². The van der Waals surface area contributed by atoms with E-state index in [-0.39, 0.29) is 24.1 Å². The van der Waals surface area contributed by atoms with Crippen molar-refractivity contribution in [2.24, 2.45) is 11.3 Å².